The minimum Gasteiger partial charge on any atom is -0.299 e. The number of anilines is 1. The number of carbonyl (C=O) groups is 1. The van der Waals surface area contributed by atoms with Gasteiger partial charge in [-0.15, -0.1) is 10.2 Å². The predicted octanol–water partition coefficient (Wildman–Crippen LogP) is 2.19. The minimum absolute atomic E-state index is 0.0895. The summed E-state index contributed by atoms with van der Waals surface area (Å²) in [7, 11) is -3.65. The molecule has 0 spiro atoms. The first-order valence-electron chi connectivity index (χ1n) is 8.69. The van der Waals surface area contributed by atoms with Gasteiger partial charge in [-0.25, -0.2) is 8.42 Å². The van der Waals surface area contributed by atoms with E-state index in [0.717, 1.165) is 11.4 Å². The molecule has 1 amide bonds. The standard InChI is InChI=1S/C17H21N5O3S2/c1-4-10(3)14(16(23)19-17-21-20-13(5-2)26-17)18-15-11-8-6-7-9-12(11)27(24,25)22-15/h6-10,14H,4-5H2,1-3H3,(H,18,22)(H,19,21,23)/t10-,14-/m0/s1. The fourth-order valence-corrected chi connectivity index (χ4v) is 4.58. The fraction of sp³-hybridized carbons (Fsp3) is 0.412. The van der Waals surface area contributed by atoms with E-state index in [1.807, 2.05) is 20.8 Å². The van der Waals surface area contributed by atoms with Gasteiger partial charge in [-0.1, -0.05) is 50.7 Å². The normalized spacial score (nSPS) is 18.6. The average molecular weight is 408 g/mol. The summed E-state index contributed by atoms with van der Waals surface area (Å²) in [4.78, 5) is 17.5. The zero-order chi connectivity index (χ0) is 19.6. The van der Waals surface area contributed by atoms with Crippen LogP contribution >= 0.6 is 11.3 Å². The van der Waals surface area contributed by atoms with E-state index < -0.39 is 16.1 Å². The zero-order valence-corrected chi connectivity index (χ0v) is 16.9. The molecule has 8 nitrogen and oxygen atoms in total. The number of amidine groups is 1. The van der Waals surface area contributed by atoms with Gasteiger partial charge in [0.15, 0.2) is 0 Å². The minimum atomic E-state index is -3.65. The molecule has 2 heterocycles. The Bertz CT molecular complexity index is 984. The molecule has 144 valence electrons. The summed E-state index contributed by atoms with van der Waals surface area (Å²) in [5, 5.41) is 11.9. The molecule has 0 bridgehead atoms. The van der Waals surface area contributed by atoms with Crippen LogP contribution in [0.5, 0.6) is 0 Å². The molecule has 2 aromatic rings. The highest BCUT2D eigenvalue weighted by Gasteiger charge is 2.33. The van der Waals surface area contributed by atoms with Crippen LogP contribution < -0.4 is 10.0 Å². The average Bonchev–Trinajstić information content (AvgIpc) is 3.21. The molecular formula is C17H21N5O3S2. The third kappa shape index (κ3) is 4.01. The molecule has 0 saturated carbocycles. The zero-order valence-electron chi connectivity index (χ0n) is 15.3. The molecule has 0 fully saturated rings. The molecule has 0 aliphatic carbocycles. The molecule has 0 unspecified atom stereocenters. The molecule has 1 aromatic heterocycles. The van der Waals surface area contributed by atoms with Gasteiger partial charge in [-0.05, 0) is 24.5 Å². The highest BCUT2D eigenvalue weighted by atomic mass is 32.2. The van der Waals surface area contributed by atoms with Crippen molar-refractivity contribution < 1.29 is 13.2 Å². The molecule has 1 aromatic carbocycles. The van der Waals surface area contributed by atoms with Gasteiger partial charge in [-0.3, -0.25) is 19.8 Å². The Hall–Kier alpha value is -2.33. The lowest BCUT2D eigenvalue weighted by Crippen LogP contribution is -2.34. The first-order chi connectivity index (χ1) is 12.9. The van der Waals surface area contributed by atoms with Crippen LogP contribution in [-0.4, -0.2) is 36.4 Å². The Morgan fingerprint density at radius 1 is 1.30 bits per heavy atom. The van der Waals surface area contributed by atoms with E-state index in [9.17, 15) is 13.2 Å². The van der Waals surface area contributed by atoms with Crippen molar-refractivity contribution in [3.8, 4) is 0 Å². The number of aryl methyl sites for hydroxylation is 1. The van der Waals surface area contributed by atoms with Crippen molar-refractivity contribution in [3.05, 3.63) is 34.8 Å². The number of aliphatic imine (C=N–C) groups is 1. The number of carbonyl (C=O) groups excluding carboxylic acids is 1. The summed E-state index contributed by atoms with van der Waals surface area (Å²) in [6.07, 6.45) is 1.45. The highest BCUT2D eigenvalue weighted by Crippen LogP contribution is 2.24. The van der Waals surface area contributed by atoms with Crippen molar-refractivity contribution in [2.24, 2.45) is 10.9 Å². The number of rotatable bonds is 6. The van der Waals surface area contributed by atoms with E-state index in [2.05, 4.69) is 25.2 Å². The maximum atomic E-state index is 12.8. The van der Waals surface area contributed by atoms with Crippen LogP contribution in [0.15, 0.2) is 34.2 Å². The summed E-state index contributed by atoms with van der Waals surface area (Å²) in [6, 6.07) is 5.83. The van der Waals surface area contributed by atoms with Crippen molar-refractivity contribution in [1.82, 2.24) is 14.9 Å². The topological polar surface area (TPSA) is 113 Å². The Morgan fingerprint density at radius 3 is 2.70 bits per heavy atom. The third-order valence-electron chi connectivity index (χ3n) is 4.38. The first-order valence-corrected chi connectivity index (χ1v) is 11.0. The molecule has 27 heavy (non-hydrogen) atoms. The molecule has 2 atom stereocenters. The van der Waals surface area contributed by atoms with Crippen LogP contribution in [0.2, 0.25) is 0 Å². The number of hydrogen-bond acceptors (Lipinski definition) is 7. The number of fused-ring (bicyclic) bond motifs is 1. The number of benzene rings is 1. The molecular weight excluding hydrogens is 386 g/mol. The molecule has 0 saturated heterocycles. The van der Waals surface area contributed by atoms with E-state index in [-0.39, 0.29) is 22.6 Å². The lowest BCUT2D eigenvalue weighted by Gasteiger charge is -2.18. The van der Waals surface area contributed by atoms with Crippen LogP contribution in [0, 0.1) is 5.92 Å². The number of nitrogens with one attached hydrogen (secondary N) is 2. The number of nitrogens with zero attached hydrogens (tertiary/aromatic N) is 3. The van der Waals surface area contributed by atoms with Gasteiger partial charge < -0.3 is 0 Å². The lowest BCUT2D eigenvalue weighted by atomic mass is 9.99. The lowest BCUT2D eigenvalue weighted by molar-refractivity contribution is -0.118. The molecule has 0 radical (unpaired) electrons. The number of hydrogen-bond donors (Lipinski definition) is 2. The Labute approximate surface area is 162 Å². The van der Waals surface area contributed by atoms with Crippen molar-refractivity contribution in [2.45, 2.75) is 44.6 Å². The Kier molecular flexibility index (Phi) is 5.56. The second-order valence-corrected chi connectivity index (χ2v) is 8.97. The van der Waals surface area contributed by atoms with Crippen LogP contribution in [0.4, 0.5) is 5.13 Å². The second kappa shape index (κ2) is 7.73. The quantitative estimate of drug-likeness (QED) is 0.762. The van der Waals surface area contributed by atoms with Crippen LogP contribution in [-0.2, 0) is 21.2 Å². The SMILES string of the molecule is CCc1nnc(NC(=O)[C@@H](N=C2NS(=O)(=O)c3ccccc32)[C@@H](C)CC)s1. The summed E-state index contributed by atoms with van der Waals surface area (Å²) in [5.41, 5.74) is 0.475. The van der Waals surface area contributed by atoms with Gasteiger partial charge in [0.05, 0.1) is 4.90 Å². The first kappa shape index (κ1) is 19.4. The highest BCUT2D eigenvalue weighted by molar-refractivity contribution is 7.90. The van der Waals surface area contributed by atoms with E-state index >= 15 is 0 Å². The molecule has 1 aliphatic heterocycles. The Balaban J connectivity index is 1.92. The van der Waals surface area contributed by atoms with Gasteiger partial charge >= 0.3 is 0 Å². The molecule has 2 N–H and O–H groups in total. The van der Waals surface area contributed by atoms with E-state index in [1.54, 1.807) is 18.2 Å². The van der Waals surface area contributed by atoms with Gasteiger partial charge in [0.25, 0.3) is 15.9 Å². The summed E-state index contributed by atoms with van der Waals surface area (Å²) >= 11 is 1.31. The summed E-state index contributed by atoms with van der Waals surface area (Å²) < 4.78 is 27.0. The molecule has 3 rings (SSSR count). The smallest absolute Gasteiger partial charge is 0.263 e. The van der Waals surface area contributed by atoms with Gasteiger partial charge in [0.1, 0.15) is 16.9 Å². The van der Waals surface area contributed by atoms with Crippen molar-refractivity contribution in [2.75, 3.05) is 5.32 Å². The largest absolute Gasteiger partial charge is 0.299 e. The predicted molar refractivity (Wildman–Crippen MR) is 104 cm³/mol. The van der Waals surface area contributed by atoms with E-state index in [0.29, 0.717) is 17.1 Å². The van der Waals surface area contributed by atoms with Gasteiger partial charge in [0.2, 0.25) is 5.13 Å². The maximum Gasteiger partial charge on any atom is 0.263 e. The van der Waals surface area contributed by atoms with Crippen LogP contribution in [0.1, 0.15) is 37.8 Å². The number of sulfonamides is 1. The maximum absolute atomic E-state index is 12.8. The van der Waals surface area contributed by atoms with E-state index in [4.69, 9.17) is 0 Å². The number of amides is 1. The number of aromatic nitrogens is 2. The monoisotopic (exact) mass is 407 g/mol. The third-order valence-corrected chi connectivity index (χ3v) is 6.76. The summed E-state index contributed by atoms with van der Waals surface area (Å²) in [5.74, 6) is -0.231. The second-order valence-electron chi connectivity index (χ2n) is 6.25. The van der Waals surface area contributed by atoms with E-state index in [1.165, 1.54) is 17.4 Å². The fourth-order valence-electron chi connectivity index (χ4n) is 2.66. The Morgan fingerprint density at radius 2 is 2.04 bits per heavy atom. The van der Waals surface area contributed by atoms with Crippen molar-refractivity contribution in [3.63, 3.8) is 0 Å². The van der Waals surface area contributed by atoms with Crippen LogP contribution in [0.25, 0.3) is 0 Å². The summed E-state index contributed by atoms with van der Waals surface area (Å²) in [6.45, 7) is 5.82. The van der Waals surface area contributed by atoms with Crippen LogP contribution in [0.3, 0.4) is 0 Å². The molecule has 1 aliphatic rings. The van der Waals surface area contributed by atoms with Gasteiger partial charge in [0, 0.05) is 5.56 Å². The molecule has 10 heteroatoms. The van der Waals surface area contributed by atoms with Crippen molar-refractivity contribution in [1.29, 1.82) is 0 Å². The van der Waals surface area contributed by atoms with Gasteiger partial charge in [-0.2, -0.15) is 0 Å². The van der Waals surface area contributed by atoms with Crippen molar-refractivity contribution >= 4 is 38.2 Å².